The van der Waals surface area contributed by atoms with Gasteiger partial charge in [-0.15, -0.1) is 68.6 Å². The Bertz CT molecular complexity index is 2030. The molecule has 0 spiro atoms. The van der Waals surface area contributed by atoms with E-state index < -0.39 is 0 Å². The summed E-state index contributed by atoms with van der Waals surface area (Å²) in [5.74, 6) is 0.563. The topological polar surface area (TPSA) is 0 Å². The number of benzene rings is 5. The molecule has 0 aliphatic carbocycles. The third-order valence-corrected chi connectivity index (χ3v) is 8.59. The quantitative estimate of drug-likeness (QED) is 0.129. The van der Waals surface area contributed by atoms with Gasteiger partial charge in [-0.05, 0) is 52.8 Å². The zero-order chi connectivity index (χ0) is 30.7. The van der Waals surface area contributed by atoms with Crippen molar-refractivity contribution in [3.63, 3.8) is 0 Å². The average Bonchev–Trinajstić information content (AvgIpc) is 3.64. The molecule has 0 aliphatic rings. The van der Waals surface area contributed by atoms with E-state index in [9.17, 15) is 0 Å². The maximum absolute atomic E-state index is 3.06. The van der Waals surface area contributed by atoms with Gasteiger partial charge in [-0.3, -0.25) is 0 Å². The van der Waals surface area contributed by atoms with Crippen LogP contribution in [0.4, 0.5) is 0 Å². The van der Waals surface area contributed by atoms with Gasteiger partial charge in [-0.2, -0.15) is 12.1 Å². The number of hydrogen-bond acceptors (Lipinski definition) is 0. The van der Waals surface area contributed by atoms with Gasteiger partial charge < -0.3 is 14.9 Å². The zero-order valence-corrected chi connectivity index (χ0v) is 31.5. The van der Waals surface area contributed by atoms with Crippen LogP contribution in [-0.4, -0.2) is 6.88 Å². The van der Waals surface area contributed by atoms with Crippen molar-refractivity contribution < 1.29 is 23.3 Å². The van der Waals surface area contributed by atoms with Gasteiger partial charge in [0, 0.05) is 0 Å². The molecular formula is C43H44SiZr-4. The van der Waals surface area contributed by atoms with Gasteiger partial charge in [0.05, 0.1) is 0 Å². The van der Waals surface area contributed by atoms with Crippen molar-refractivity contribution in [2.75, 3.05) is 0 Å². The van der Waals surface area contributed by atoms with Gasteiger partial charge in [-0.25, -0.2) is 0 Å². The van der Waals surface area contributed by atoms with Crippen molar-refractivity contribution in [1.29, 1.82) is 0 Å². The summed E-state index contributed by atoms with van der Waals surface area (Å²) in [5, 5.41) is 8.09. The van der Waals surface area contributed by atoms with Gasteiger partial charge in [0.1, 0.15) is 0 Å². The second-order valence-corrected chi connectivity index (χ2v) is 11.9. The molecule has 0 saturated carbocycles. The van der Waals surface area contributed by atoms with E-state index in [2.05, 4.69) is 164 Å². The summed E-state index contributed by atoms with van der Waals surface area (Å²) in [4.78, 5) is 0. The van der Waals surface area contributed by atoms with E-state index in [0.717, 1.165) is 0 Å². The van der Waals surface area contributed by atoms with Crippen molar-refractivity contribution in [3.05, 3.63) is 158 Å². The fourth-order valence-electron chi connectivity index (χ4n) is 6.04. The standard InChI is InChI=1S/C22H19.C19H19.2CH3.Si.Zr/c1-15(2)18-13-17-9-6-12-21(22(17)14-18)20-11-5-8-16-7-3-4-10-19(16)20;1-12-9-18-14(3)6-8-17(19(18)10-12)16-7-5-13(2)15(4)11-16;;;;/h3-15H,1-2H3;5-11H,1-4H3;2*1H3;;/q4*-1;;. The van der Waals surface area contributed by atoms with E-state index in [-0.39, 0.29) is 14.9 Å². The number of aryl methyl sites for hydroxylation is 4. The number of hydrogen-bond donors (Lipinski definition) is 0. The predicted molar refractivity (Wildman–Crippen MR) is 199 cm³/mol. The zero-order valence-electron chi connectivity index (χ0n) is 28.0. The van der Waals surface area contributed by atoms with E-state index in [0.29, 0.717) is 5.92 Å². The molecule has 0 atom stereocenters. The van der Waals surface area contributed by atoms with Crippen LogP contribution in [0.1, 0.15) is 47.6 Å². The Labute approximate surface area is 288 Å². The first-order valence-corrected chi connectivity index (χ1v) is 19.2. The monoisotopic (exact) mass is 678 g/mol. The molecule has 45 heavy (non-hydrogen) atoms. The van der Waals surface area contributed by atoms with Crippen molar-refractivity contribution >= 4 is 39.2 Å². The van der Waals surface area contributed by atoms with Crippen LogP contribution in [0.15, 0.2) is 115 Å². The van der Waals surface area contributed by atoms with Gasteiger partial charge in [0.15, 0.2) is 0 Å². The van der Waals surface area contributed by atoms with E-state index in [4.69, 9.17) is 0 Å². The summed E-state index contributed by atoms with van der Waals surface area (Å²) in [6.45, 7) is 16.3. The summed E-state index contributed by atoms with van der Waals surface area (Å²) in [5.41, 5.74) is 12.1. The van der Waals surface area contributed by atoms with Crippen LogP contribution in [0.5, 0.6) is 0 Å². The van der Waals surface area contributed by atoms with E-state index in [1.165, 1.54) is 106 Å². The molecule has 0 N–H and O–H groups in total. The maximum atomic E-state index is 3.06. The Morgan fingerprint density at radius 3 is 1.91 bits per heavy atom. The first kappa shape index (κ1) is 36.2. The van der Waals surface area contributed by atoms with Crippen molar-refractivity contribution in [2.45, 2.75) is 47.5 Å². The van der Waals surface area contributed by atoms with E-state index in [1.54, 1.807) is 0 Å². The third kappa shape index (κ3) is 7.57. The van der Waals surface area contributed by atoms with Crippen LogP contribution in [0.2, 0.25) is 0 Å². The fourth-order valence-corrected chi connectivity index (χ4v) is 6.04. The third-order valence-electron chi connectivity index (χ3n) is 8.59. The Hall–Kier alpha value is -3.32. The van der Waals surface area contributed by atoms with E-state index in [1.807, 2.05) is 0 Å². The molecule has 0 unspecified atom stereocenters. The van der Waals surface area contributed by atoms with Crippen molar-refractivity contribution in [1.82, 2.24) is 0 Å². The van der Waals surface area contributed by atoms with Crippen LogP contribution < -0.4 is 0 Å². The molecule has 0 bridgehead atoms. The molecule has 7 rings (SSSR count). The second-order valence-electron chi connectivity index (χ2n) is 11.9. The van der Waals surface area contributed by atoms with Crippen LogP contribution in [-0.2, 0) is 23.3 Å². The average molecular weight is 680 g/mol. The van der Waals surface area contributed by atoms with Gasteiger partial charge >= 0.3 is 30.2 Å². The molecule has 0 nitrogen and oxygen atoms in total. The number of rotatable bonds is 3. The first-order valence-electron chi connectivity index (χ1n) is 15.0. The molecule has 0 amide bonds. The first-order chi connectivity index (χ1) is 20.8. The number of fused-ring (bicyclic) bond motifs is 3. The Kier molecular flexibility index (Phi) is 12.7. The van der Waals surface area contributed by atoms with Crippen LogP contribution >= 0.6 is 0 Å². The molecule has 2 heteroatoms. The summed E-state index contributed by atoms with van der Waals surface area (Å²) >= 11 is 1.36. The minimum atomic E-state index is 0. The molecule has 0 fully saturated rings. The SMILES string of the molecule is CC(C)c1cc2c(-c3cccc4ccccc34)cccc2[cH-]1.Cc1cc2c(-c3ccc(C)c(C)c3)ccc(C)c2[cH-]1.[CH3-].[CH3-].[Si]=[Zr]. The van der Waals surface area contributed by atoms with Crippen molar-refractivity contribution in [2.24, 2.45) is 0 Å². The van der Waals surface area contributed by atoms with Crippen LogP contribution in [0, 0.1) is 42.5 Å². The van der Waals surface area contributed by atoms with Crippen LogP contribution in [0.25, 0.3) is 54.6 Å². The van der Waals surface area contributed by atoms with Gasteiger partial charge in [0.2, 0.25) is 0 Å². The Morgan fingerprint density at radius 2 is 1.20 bits per heavy atom. The fraction of sp³-hybridized carbons (Fsp3) is 0.163. The predicted octanol–water partition coefficient (Wildman–Crippen LogP) is 12.5. The molecule has 0 saturated heterocycles. The molecule has 0 aromatic heterocycles. The molecule has 0 aliphatic heterocycles. The molecule has 2 radical (unpaired) electrons. The molecule has 7 aromatic carbocycles. The van der Waals surface area contributed by atoms with Crippen LogP contribution in [0.3, 0.4) is 0 Å². The Balaban J connectivity index is 0.000000225. The molecule has 7 aromatic rings. The Morgan fingerprint density at radius 1 is 0.556 bits per heavy atom. The minimum absolute atomic E-state index is 0. The normalized spacial score (nSPS) is 10.4. The van der Waals surface area contributed by atoms with E-state index >= 15 is 0 Å². The summed E-state index contributed by atoms with van der Waals surface area (Å²) in [7, 11) is 0. The molecule has 0 heterocycles. The molecular weight excluding hydrogens is 636 g/mol. The second kappa shape index (κ2) is 15.8. The van der Waals surface area contributed by atoms with Gasteiger partial charge in [0.25, 0.3) is 0 Å². The summed E-state index contributed by atoms with van der Waals surface area (Å²) in [6, 6.07) is 42.3. The van der Waals surface area contributed by atoms with Gasteiger partial charge in [-0.1, -0.05) is 112 Å². The summed E-state index contributed by atoms with van der Waals surface area (Å²) < 4.78 is 0. The molecule has 228 valence electrons. The van der Waals surface area contributed by atoms with Crippen molar-refractivity contribution in [3.8, 4) is 22.3 Å². The summed E-state index contributed by atoms with van der Waals surface area (Å²) in [6.07, 6.45) is 0.